The zero-order valence-corrected chi connectivity index (χ0v) is 8.28. The summed E-state index contributed by atoms with van der Waals surface area (Å²) >= 11 is 0. The van der Waals surface area contributed by atoms with Gasteiger partial charge in [0.05, 0.1) is 12.1 Å². The van der Waals surface area contributed by atoms with Crippen molar-refractivity contribution in [1.82, 2.24) is 10.2 Å². The fourth-order valence-corrected chi connectivity index (χ4v) is 1.50. The molecule has 1 aliphatic heterocycles. The Morgan fingerprint density at radius 3 is 2.86 bits per heavy atom. The number of rotatable bonds is 1. The van der Waals surface area contributed by atoms with Gasteiger partial charge in [0.25, 0.3) is 5.56 Å². The average molecular weight is 195 g/mol. The van der Waals surface area contributed by atoms with E-state index in [2.05, 4.69) is 24.0 Å². The van der Waals surface area contributed by atoms with Crippen molar-refractivity contribution in [3.05, 3.63) is 22.5 Å². The van der Waals surface area contributed by atoms with Gasteiger partial charge in [0.2, 0.25) is 0 Å². The number of ether oxygens (including phenoxy) is 1. The number of nitrogens with zero attached hydrogens (tertiary/aromatic N) is 2. The number of H-pyrrole nitrogens is 1. The van der Waals surface area contributed by atoms with Gasteiger partial charge >= 0.3 is 0 Å². The first-order chi connectivity index (χ1) is 6.59. The molecule has 0 amide bonds. The van der Waals surface area contributed by atoms with Gasteiger partial charge in [-0.15, -0.1) is 0 Å². The van der Waals surface area contributed by atoms with E-state index in [1.54, 1.807) is 6.07 Å². The molecule has 1 aromatic rings. The van der Waals surface area contributed by atoms with Crippen LogP contribution in [0.5, 0.6) is 0 Å². The highest BCUT2D eigenvalue weighted by molar-refractivity contribution is 5.40. The van der Waals surface area contributed by atoms with E-state index in [0.29, 0.717) is 13.3 Å². The van der Waals surface area contributed by atoms with Crippen LogP contribution in [0, 0.1) is 0 Å². The Hall–Kier alpha value is -1.36. The Bertz CT molecular complexity index is 365. The summed E-state index contributed by atoms with van der Waals surface area (Å²) in [6.07, 6.45) is 0. The van der Waals surface area contributed by atoms with Crippen LogP contribution < -0.4 is 10.5 Å². The molecule has 0 spiro atoms. The number of hydrogen-bond acceptors (Lipinski definition) is 4. The number of aromatic amines is 1. The van der Waals surface area contributed by atoms with E-state index in [4.69, 9.17) is 4.74 Å². The van der Waals surface area contributed by atoms with Crippen molar-refractivity contribution in [3.8, 4) is 0 Å². The summed E-state index contributed by atoms with van der Waals surface area (Å²) in [7, 11) is 0. The third kappa shape index (κ3) is 1.50. The quantitative estimate of drug-likeness (QED) is 0.702. The summed E-state index contributed by atoms with van der Waals surface area (Å²) in [4.78, 5) is 12.8. The molecule has 0 radical (unpaired) electrons. The third-order valence-electron chi connectivity index (χ3n) is 2.35. The number of hydrogen-bond donors (Lipinski definition) is 1. The molecule has 1 aromatic heterocycles. The van der Waals surface area contributed by atoms with Gasteiger partial charge in [-0.1, -0.05) is 0 Å². The lowest BCUT2D eigenvalue weighted by molar-refractivity contribution is 0.184. The molecule has 2 rings (SSSR count). The van der Waals surface area contributed by atoms with Crippen molar-refractivity contribution in [1.29, 1.82) is 0 Å². The Labute approximate surface area is 81.7 Å². The van der Waals surface area contributed by atoms with E-state index in [9.17, 15) is 4.79 Å². The van der Waals surface area contributed by atoms with E-state index in [1.165, 1.54) is 6.07 Å². The first kappa shape index (κ1) is 9.21. The zero-order valence-electron chi connectivity index (χ0n) is 8.28. The maximum Gasteiger partial charge on any atom is 0.264 e. The lowest BCUT2D eigenvalue weighted by atomic mass is 10.1. The Kier molecular flexibility index (Phi) is 2.03. The summed E-state index contributed by atoms with van der Waals surface area (Å²) in [5.74, 6) is 0.743. The molecule has 5 heteroatoms. The van der Waals surface area contributed by atoms with Crippen LogP contribution in [0.1, 0.15) is 13.8 Å². The highest BCUT2D eigenvalue weighted by atomic mass is 16.5. The molecular formula is C9H13N3O2. The molecule has 5 nitrogen and oxygen atoms in total. The Balaban J connectivity index is 2.31. The van der Waals surface area contributed by atoms with Crippen LogP contribution in [0.4, 0.5) is 5.82 Å². The minimum atomic E-state index is -0.188. The molecule has 0 bridgehead atoms. The van der Waals surface area contributed by atoms with Crippen LogP contribution in [0.25, 0.3) is 0 Å². The summed E-state index contributed by atoms with van der Waals surface area (Å²) in [6, 6.07) is 3.17. The van der Waals surface area contributed by atoms with Gasteiger partial charge in [-0.25, -0.2) is 5.10 Å². The second-order valence-corrected chi connectivity index (χ2v) is 4.00. The standard InChI is InChI=1S/C9H13N3O2/c1-9(2)5-14-6-12(9)7-3-4-8(13)11-10-7/h3-4H,5-6H2,1-2H3,(H,11,13). The van der Waals surface area contributed by atoms with Crippen LogP contribution in [0.3, 0.4) is 0 Å². The van der Waals surface area contributed by atoms with E-state index in [-0.39, 0.29) is 11.1 Å². The van der Waals surface area contributed by atoms with Crippen molar-refractivity contribution in [3.63, 3.8) is 0 Å². The molecule has 0 atom stereocenters. The van der Waals surface area contributed by atoms with E-state index >= 15 is 0 Å². The monoisotopic (exact) mass is 195 g/mol. The van der Waals surface area contributed by atoms with E-state index in [1.807, 2.05) is 4.90 Å². The second kappa shape index (κ2) is 3.09. The van der Waals surface area contributed by atoms with Crippen molar-refractivity contribution in [2.24, 2.45) is 0 Å². The minimum absolute atomic E-state index is 0.0642. The van der Waals surface area contributed by atoms with E-state index in [0.717, 1.165) is 5.82 Å². The molecule has 14 heavy (non-hydrogen) atoms. The zero-order chi connectivity index (χ0) is 10.2. The predicted octanol–water partition coefficient (Wildman–Crippen LogP) is 0.343. The van der Waals surface area contributed by atoms with Gasteiger partial charge in [0.15, 0.2) is 5.82 Å². The number of nitrogens with one attached hydrogen (secondary N) is 1. The largest absolute Gasteiger partial charge is 0.359 e. The number of aromatic nitrogens is 2. The van der Waals surface area contributed by atoms with Gasteiger partial charge in [-0.05, 0) is 19.9 Å². The van der Waals surface area contributed by atoms with Gasteiger partial charge < -0.3 is 9.64 Å². The van der Waals surface area contributed by atoms with Crippen molar-refractivity contribution < 1.29 is 4.74 Å². The fraction of sp³-hybridized carbons (Fsp3) is 0.556. The van der Waals surface area contributed by atoms with Crippen LogP contribution in [0.2, 0.25) is 0 Å². The van der Waals surface area contributed by atoms with Crippen molar-refractivity contribution in [2.45, 2.75) is 19.4 Å². The van der Waals surface area contributed by atoms with Crippen LogP contribution in [-0.2, 0) is 4.74 Å². The lowest BCUT2D eigenvalue weighted by Gasteiger charge is -2.29. The van der Waals surface area contributed by atoms with E-state index < -0.39 is 0 Å². The summed E-state index contributed by atoms with van der Waals surface area (Å²) in [6.45, 7) is 5.35. The third-order valence-corrected chi connectivity index (χ3v) is 2.35. The smallest absolute Gasteiger partial charge is 0.264 e. The van der Waals surface area contributed by atoms with Gasteiger partial charge in [-0.3, -0.25) is 4.79 Å². The molecule has 1 N–H and O–H groups in total. The van der Waals surface area contributed by atoms with Gasteiger partial charge in [-0.2, -0.15) is 5.10 Å². The molecule has 1 aliphatic rings. The molecule has 0 aliphatic carbocycles. The molecule has 0 aromatic carbocycles. The highest BCUT2D eigenvalue weighted by Gasteiger charge is 2.33. The van der Waals surface area contributed by atoms with Gasteiger partial charge in [0.1, 0.15) is 6.73 Å². The first-order valence-corrected chi connectivity index (χ1v) is 4.51. The Morgan fingerprint density at radius 2 is 2.36 bits per heavy atom. The number of anilines is 1. The van der Waals surface area contributed by atoms with Crippen LogP contribution in [0.15, 0.2) is 16.9 Å². The lowest BCUT2D eigenvalue weighted by Crippen LogP contribution is -2.41. The molecular weight excluding hydrogens is 182 g/mol. The molecule has 2 heterocycles. The Morgan fingerprint density at radius 1 is 1.57 bits per heavy atom. The van der Waals surface area contributed by atoms with Crippen LogP contribution >= 0.6 is 0 Å². The second-order valence-electron chi connectivity index (χ2n) is 4.00. The normalized spacial score (nSPS) is 20.0. The summed E-state index contributed by atoms with van der Waals surface area (Å²) in [5, 5.41) is 6.38. The minimum Gasteiger partial charge on any atom is -0.359 e. The SMILES string of the molecule is CC1(C)COCN1c1ccc(=O)[nH]n1. The molecule has 1 saturated heterocycles. The average Bonchev–Trinajstić information content (AvgIpc) is 2.47. The summed E-state index contributed by atoms with van der Waals surface area (Å²) < 4.78 is 5.35. The predicted molar refractivity (Wildman–Crippen MR) is 52.2 cm³/mol. The highest BCUT2D eigenvalue weighted by Crippen LogP contribution is 2.25. The topological polar surface area (TPSA) is 58.2 Å². The van der Waals surface area contributed by atoms with Crippen molar-refractivity contribution in [2.75, 3.05) is 18.2 Å². The maximum absolute atomic E-state index is 10.8. The molecule has 0 unspecified atom stereocenters. The maximum atomic E-state index is 10.8. The molecule has 0 saturated carbocycles. The van der Waals surface area contributed by atoms with Gasteiger partial charge in [0, 0.05) is 6.07 Å². The van der Waals surface area contributed by atoms with Crippen molar-refractivity contribution >= 4 is 5.82 Å². The fourth-order valence-electron chi connectivity index (χ4n) is 1.50. The molecule has 76 valence electrons. The summed E-state index contributed by atoms with van der Waals surface area (Å²) in [5.41, 5.74) is -0.253. The first-order valence-electron chi connectivity index (χ1n) is 4.51. The van der Waals surface area contributed by atoms with Crippen LogP contribution in [-0.4, -0.2) is 29.1 Å². The molecule has 1 fully saturated rings.